The zero-order valence-corrected chi connectivity index (χ0v) is 9.97. The Morgan fingerprint density at radius 3 is 2.59 bits per heavy atom. The van der Waals surface area contributed by atoms with E-state index in [-0.39, 0.29) is 17.3 Å². The molecule has 0 aliphatic carbocycles. The van der Waals surface area contributed by atoms with E-state index >= 15 is 0 Å². The third-order valence-corrected chi connectivity index (χ3v) is 3.39. The fourth-order valence-corrected chi connectivity index (χ4v) is 2.00. The summed E-state index contributed by atoms with van der Waals surface area (Å²) in [6.45, 7) is 4.88. The predicted molar refractivity (Wildman–Crippen MR) is 65.2 cm³/mol. The quantitative estimate of drug-likeness (QED) is 0.647. The third kappa shape index (κ3) is 2.39. The first-order valence-corrected chi connectivity index (χ1v) is 5.65. The molecule has 1 heterocycles. The van der Waals surface area contributed by atoms with Gasteiger partial charge in [0.25, 0.3) is 5.69 Å². The van der Waals surface area contributed by atoms with Crippen molar-refractivity contribution in [3.8, 4) is 0 Å². The van der Waals surface area contributed by atoms with Gasteiger partial charge in [-0.1, -0.05) is 0 Å². The summed E-state index contributed by atoms with van der Waals surface area (Å²) in [6.07, 6.45) is 1.07. The Morgan fingerprint density at radius 1 is 1.47 bits per heavy atom. The Kier molecular flexibility index (Phi) is 3.02. The summed E-state index contributed by atoms with van der Waals surface area (Å²) in [4.78, 5) is 10.1. The average molecular weight is 236 g/mol. The molecular weight excluding hydrogens is 220 g/mol. The van der Waals surface area contributed by atoms with Gasteiger partial charge >= 0.3 is 0 Å². The first kappa shape index (κ1) is 11.9. The van der Waals surface area contributed by atoms with E-state index in [1.54, 1.807) is 12.1 Å². The number of hydrogen-bond acceptors (Lipinski definition) is 4. The minimum absolute atomic E-state index is 0.101. The normalized spacial score (nSPS) is 28.0. The van der Waals surface area contributed by atoms with E-state index in [0.29, 0.717) is 0 Å². The Labute approximate surface area is 99.9 Å². The fraction of sp³-hybridized carbons (Fsp3) is 0.500. The van der Waals surface area contributed by atoms with Gasteiger partial charge in [0, 0.05) is 24.4 Å². The fourth-order valence-electron chi connectivity index (χ4n) is 2.00. The van der Waals surface area contributed by atoms with Crippen LogP contribution in [0.4, 0.5) is 11.4 Å². The lowest BCUT2D eigenvalue weighted by molar-refractivity contribution is -0.384. The van der Waals surface area contributed by atoms with Gasteiger partial charge in [0.1, 0.15) is 0 Å². The zero-order chi connectivity index (χ0) is 12.5. The molecule has 2 rings (SSSR count). The molecule has 1 aliphatic heterocycles. The maximum atomic E-state index is 10.5. The molecule has 1 aromatic rings. The second-order valence-electron chi connectivity index (χ2n) is 4.61. The van der Waals surface area contributed by atoms with Gasteiger partial charge in [-0.2, -0.15) is 0 Å². The summed E-state index contributed by atoms with van der Waals surface area (Å²) in [7, 11) is 0. The number of rotatable bonds is 3. The Balaban J connectivity index is 2.11. The highest BCUT2D eigenvalue weighted by Gasteiger charge is 2.36. The largest absolute Gasteiger partial charge is 0.377 e. The molecule has 0 bridgehead atoms. The molecule has 5 nitrogen and oxygen atoms in total. The van der Waals surface area contributed by atoms with Crippen LogP contribution in [-0.4, -0.2) is 23.2 Å². The second-order valence-corrected chi connectivity index (χ2v) is 4.61. The van der Waals surface area contributed by atoms with Crippen molar-refractivity contribution in [2.75, 3.05) is 11.9 Å². The lowest BCUT2D eigenvalue weighted by Crippen LogP contribution is -2.41. The molecule has 0 aromatic heterocycles. The minimum atomic E-state index is -0.396. The standard InChI is InChI=1S/C12H16N2O3/c1-9-12(2,7-8-17-9)13-10-3-5-11(6-4-10)14(15)16/h3-6,9,13H,7-8H2,1-2H3. The molecule has 2 unspecified atom stereocenters. The highest BCUT2D eigenvalue weighted by atomic mass is 16.6. The summed E-state index contributed by atoms with van der Waals surface area (Å²) in [5.41, 5.74) is 0.891. The summed E-state index contributed by atoms with van der Waals surface area (Å²) >= 11 is 0. The number of ether oxygens (including phenoxy) is 1. The van der Waals surface area contributed by atoms with Gasteiger partial charge in [0.2, 0.25) is 0 Å². The van der Waals surface area contributed by atoms with Crippen LogP contribution < -0.4 is 5.32 Å². The molecule has 17 heavy (non-hydrogen) atoms. The molecule has 0 radical (unpaired) electrons. The number of nitro groups is 1. The third-order valence-electron chi connectivity index (χ3n) is 3.39. The molecular formula is C12H16N2O3. The molecule has 1 N–H and O–H groups in total. The van der Waals surface area contributed by atoms with Crippen molar-refractivity contribution in [1.29, 1.82) is 0 Å². The first-order valence-electron chi connectivity index (χ1n) is 5.65. The maximum absolute atomic E-state index is 10.5. The van der Waals surface area contributed by atoms with Gasteiger partial charge < -0.3 is 10.1 Å². The summed E-state index contributed by atoms with van der Waals surface area (Å²) in [5, 5.41) is 13.9. The SMILES string of the molecule is CC1OCCC1(C)Nc1ccc([N+](=O)[O-])cc1. The van der Waals surface area contributed by atoms with E-state index in [0.717, 1.165) is 18.7 Å². The van der Waals surface area contributed by atoms with Crippen LogP contribution in [0.1, 0.15) is 20.3 Å². The van der Waals surface area contributed by atoms with Crippen LogP contribution in [0.2, 0.25) is 0 Å². The second kappa shape index (κ2) is 4.33. The number of nitrogens with one attached hydrogen (secondary N) is 1. The molecule has 1 saturated heterocycles. The number of non-ortho nitro benzene ring substituents is 1. The van der Waals surface area contributed by atoms with Crippen molar-refractivity contribution >= 4 is 11.4 Å². The lowest BCUT2D eigenvalue weighted by Gasteiger charge is -2.30. The average Bonchev–Trinajstić information content (AvgIpc) is 2.60. The van der Waals surface area contributed by atoms with Gasteiger partial charge in [-0.15, -0.1) is 0 Å². The molecule has 0 amide bonds. The number of anilines is 1. The van der Waals surface area contributed by atoms with Gasteiger partial charge in [-0.05, 0) is 32.4 Å². The molecule has 0 saturated carbocycles. The Morgan fingerprint density at radius 2 is 2.12 bits per heavy atom. The molecule has 92 valence electrons. The van der Waals surface area contributed by atoms with Gasteiger partial charge in [0.05, 0.1) is 16.6 Å². The minimum Gasteiger partial charge on any atom is -0.377 e. The molecule has 1 aliphatic rings. The van der Waals surface area contributed by atoms with Crippen molar-refractivity contribution in [2.45, 2.75) is 31.9 Å². The molecule has 1 fully saturated rings. The smallest absolute Gasteiger partial charge is 0.269 e. The van der Waals surface area contributed by atoms with Crippen molar-refractivity contribution in [1.82, 2.24) is 0 Å². The molecule has 1 aromatic carbocycles. The van der Waals surface area contributed by atoms with Gasteiger partial charge in [-0.3, -0.25) is 10.1 Å². The van der Waals surface area contributed by atoms with Crippen LogP contribution in [0.15, 0.2) is 24.3 Å². The van der Waals surface area contributed by atoms with Crippen molar-refractivity contribution in [2.24, 2.45) is 0 Å². The van der Waals surface area contributed by atoms with E-state index in [2.05, 4.69) is 12.2 Å². The van der Waals surface area contributed by atoms with E-state index in [1.807, 2.05) is 6.92 Å². The van der Waals surface area contributed by atoms with Gasteiger partial charge in [-0.25, -0.2) is 0 Å². The maximum Gasteiger partial charge on any atom is 0.269 e. The van der Waals surface area contributed by atoms with Crippen molar-refractivity contribution in [3.63, 3.8) is 0 Å². The van der Waals surface area contributed by atoms with E-state index in [1.165, 1.54) is 12.1 Å². The van der Waals surface area contributed by atoms with E-state index < -0.39 is 4.92 Å². The zero-order valence-electron chi connectivity index (χ0n) is 9.97. The van der Waals surface area contributed by atoms with Gasteiger partial charge in [0.15, 0.2) is 0 Å². The molecule has 5 heteroatoms. The lowest BCUT2D eigenvalue weighted by atomic mass is 9.94. The van der Waals surface area contributed by atoms with E-state index in [4.69, 9.17) is 4.74 Å². The predicted octanol–water partition coefficient (Wildman–Crippen LogP) is 2.57. The highest BCUT2D eigenvalue weighted by Crippen LogP contribution is 2.30. The van der Waals surface area contributed by atoms with Crippen LogP contribution in [0.5, 0.6) is 0 Å². The summed E-state index contributed by atoms with van der Waals surface area (Å²) in [6, 6.07) is 6.47. The van der Waals surface area contributed by atoms with Crippen molar-refractivity contribution in [3.05, 3.63) is 34.4 Å². The molecule has 0 spiro atoms. The monoisotopic (exact) mass is 236 g/mol. The van der Waals surface area contributed by atoms with Crippen molar-refractivity contribution < 1.29 is 9.66 Å². The summed E-state index contributed by atoms with van der Waals surface area (Å²) < 4.78 is 5.53. The number of nitrogens with zero attached hydrogens (tertiary/aromatic N) is 1. The van der Waals surface area contributed by atoms with Crippen LogP contribution in [0.3, 0.4) is 0 Å². The molecule has 2 atom stereocenters. The van der Waals surface area contributed by atoms with Crippen LogP contribution in [0, 0.1) is 10.1 Å². The van der Waals surface area contributed by atoms with Crippen LogP contribution in [0.25, 0.3) is 0 Å². The highest BCUT2D eigenvalue weighted by molar-refractivity contribution is 5.50. The van der Waals surface area contributed by atoms with E-state index in [9.17, 15) is 10.1 Å². The Bertz CT molecular complexity index is 418. The number of nitro benzene ring substituents is 1. The van der Waals surface area contributed by atoms with Crippen LogP contribution in [-0.2, 0) is 4.74 Å². The van der Waals surface area contributed by atoms with Crippen LogP contribution >= 0.6 is 0 Å². The number of hydrogen-bond donors (Lipinski definition) is 1. The first-order chi connectivity index (χ1) is 8.01. The Hall–Kier alpha value is -1.62. The summed E-state index contributed by atoms with van der Waals surface area (Å²) in [5.74, 6) is 0. The topological polar surface area (TPSA) is 64.4 Å². The number of benzene rings is 1.